The molecule has 2 bridgehead atoms. The summed E-state index contributed by atoms with van der Waals surface area (Å²) in [6.07, 6.45) is 1.62. The number of hydrogen-bond acceptors (Lipinski definition) is 3. The van der Waals surface area contributed by atoms with Crippen LogP contribution in [0, 0.1) is 5.41 Å². The van der Waals surface area contributed by atoms with E-state index in [9.17, 15) is 4.79 Å². The molecule has 0 radical (unpaired) electrons. The topological polar surface area (TPSA) is 32.8 Å². The first kappa shape index (κ1) is 18.9. The van der Waals surface area contributed by atoms with Crippen LogP contribution < -0.4 is 9.64 Å². The van der Waals surface area contributed by atoms with Crippen molar-refractivity contribution in [3.8, 4) is 5.75 Å². The van der Waals surface area contributed by atoms with Gasteiger partial charge in [-0.15, -0.1) is 0 Å². The van der Waals surface area contributed by atoms with Gasteiger partial charge < -0.3 is 14.5 Å². The van der Waals surface area contributed by atoms with Gasteiger partial charge in [-0.05, 0) is 48.6 Å². The summed E-state index contributed by atoms with van der Waals surface area (Å²) in [6.45, 7) is 8.88. The Hall–Kier alpha value is -2.49. The van der Waals surface area contributed by atoms with Crippen molar-refractivity contribution in [3.05, 3.63) is 60.2 Å². The molecule has 1 amide bonds. The molecule has 28 heavy (non-hydrogen) atoms. The third kappa shape index (κ3) is 3.60. The number of amides is 1. The molecule has 0 saturated carbocycles. The van der Waals surface area contributed by atoms with Crippen LogP contribution in [-0.4, -0.2) is 36.0 Å². The molecule has 3 saturated heterocycles. The standard InChI is InChI=1S/C24H30N2O2/c1-4-28-21-12-10-19(11-13-21)25-17-20-15-24(2,3)22(25)14-23(27)26(20)16-18-8-6-5-7-9-18/h5-13,20,22H,4,14-17H2,1-3H3/t20-,22?/m0/s1. The van der Waals surface area contributed by atoms with Gasteiger partial charge in [0.05, 0.1) is 12.6 Å². The summed E-state index contributed by atoms with van der Waals surface area (Å²) in [7, 11) is 0. The van der Waals surface area contributed by atoms with Crippen molar-refractivity contribution in [2.24, 2.45) is 5.41 Å². The van der Waals surface area contributed by atoms with Gasteiger partial charge in [-0.25, -0.2) is 0 Å². The SMILES string of the molecule is CCOc1ccc(N2C[C@@H]3CC(C)(C)C2CC(=O)N3Cc2ccccc2)cc1. The monoisotopic (exact) mass is 378 g/mol. The average molecular weight is 379 g/mol. The van der Waals surface area contributed by atoms with E-state index in [4.69, 9.17) is 4.74 Å². The first-order valence-electron chi connectivity index (χ1n) is 10.3. The highest BCUT2D eigenvalue weighted by Gasteiger charge is 2.48. The number of nitrogens with zero attached hydrogens (tertiary/aromatic N) is 2. The molecule has 4 nitrogen and oxygen atoms in total. The number of rotatable bonds is 5. The fourth-order valence-electron chi connectivity index (χ4n) is 4.85. The van der Waals surface area contributed by atoms with Gasteiger partial charge in [0.15, 0.2) is 0 Å². The van der Waals surface area contributed by atoms with Crippen LogP contribution in [0.3, 0.4) is 0 Å². The summed E-state index contributed by atoms with van der Waals surface area (Å²) in [5.41, 5.74) is 2.47. The van der Waals surface area contributed by atoms with Gasteiger partial charge in [-0.1, -0.05) is 44.2 Å². The van der Waals surface area contributed by atoms with E-state index in [2.05, 4.69) is 47.9 Å². The Morgan fingerprint density at radius 2 is 1.79 bits per heavy atom. The minimum Gasteiger partial charge on any atom is -0.494 e. The number of hydrogen-bond donors (Lipinski definition) is 0. The summed E-state index contributed by atoms with van der Waals surface area (Å²) in [6, 6.07) is 19.1. The molecular weight excluding hydrogens is 348 g/mol. The maximum atomic E-state index is 13.2. The van der Waals surface area contributed by atoms with Crippen LogP contribution in [0.5, 0.6) is 5.75 Å². The van der Waals surface area contributed by atoms with Crippen molar-refractivity contribution >= 4 is 11.6 Å². The molecule has 3 aliphatic heterocycles. The van der Waals surface area contributed by atoms with Crippen molar-refractivity contribution in [3.63, 3.8) is 0 Å². The first-order valence-corrected chi connectivity index (χ1v) is 10.3. The largest absolute Gasteiger partial charge is 0.494 e. The smallest absolute Gasteiger partial charge is 0.225 e. The predicted molar refractivity (Wildman–Crippen MR) is 113 cm³/mol. The quantitative estimate of drug-likeness (QED) is 0.768. The fraction of sp³-hybridized carbons (Fsp3) is 0.458. The Kier molecular flexibility index (Phi) is 5.05. The molecule has 2 atom stereocenters. The van der Waals surface area contributed by atoms with Crippen LogP contribution >= 0.6 is 0 Å². The van der Waals surface area contributed by atoms with Crippen molar-refractivity contribution < 1.29 is 9.53 Å². The van der Waals surface area contributed by atoms with Crippen LogP contribution in [0.4, 0.5) is 5.69 Å². The molecule has 1 unspecified atom stereocenters. The lowest BCUT2D eigenvalue weighted by Crippen LogP contribution is -2.55. The molecule has 2 aromatic rings. The highest BCUT2D eigenvalue weighted by Crippen LogP contribution is 2.44. The Morgan fingerprint density at radius 3 is 2.46 bits per heavy atom. The van der Waals surface area contributed by atoms with Crippen molar-refractivity contribution in [2.45, 2.75) is 52.2 Å². The van der Waals surface area contributed by atoms with Crippen LogP contribution in [0.1, 0.15) is 39.2 Å². The summed E-state index contributed by atoms with van der Waals surface area (Å²) in [5, 5.41) is 0. The van der Waals surface area contributed by atoms with E-state index in [1.807, 2.05) is 37.3 Å². The number of fused-ring (bicyclic) bond motifs is 4. The maximum Gasteiger partial charge on any atom is 0.225 e. The van der Waals surface area contributed by atoms with Gasteiger partial charge in [0.2, 0.25) is 5.91 Å². The summed E-state index contributed by atoms with van der Waals surface area (Å²) < 4.78 is 5.60. The number of carbonyl (C=O) groups is 1. The lowest BCUT2D eigenvalue weighted by atomic mass is 9.74. The van der Waals surface area contributed by atoms with Gasteiger partial charge in [0, 0.05) is 31.2 Å². The zero-order valence-electron chi connectivity index (χ0n) is 17.1. The highest BCUT2D eigenvalue weighted by molar-refractivity contribution is 5.79. The van der Waals surface area contributed by atoms with Crippen LogP contribution in [0.2, 0.25) is 0 Å². The minimum absolute atomic E-state index is 0.0859. The molecule has 0 spiro atoms. The third-order valence-electron chi connectivity index (χ3n) is 6.25. The Bertz CT molecular complexity index is 816. The number of ether oxygens (including phenoxy) is 1. The van der Waals surface area contributed by atoms with E-state index in [1.165, 1.54) is 11.3 Å². The molecule has 4 heteroatoms. The van der Waals surface area contributed by atoms with Gasteiger partial charge >= 0.3 is 0 Å². The van der Waals surface area contributed by atoms with Crippen LogP contribution in [-0.2, 0) is 11.3 Å². The van der Waals surface area contributed by atoms with Gasteiger partial charge in [-0.2, -0.15) is 0 Å². The van der Waals surface area contributed by atoms with Gasteiger partial charge in [0.1, 0.15) is 5.75 Å². The van der Waals surface area contributed by atoms with Crippen LogP contribution in [0.15, 0.2) is 54.6 Å². The second-order valence-electron chi connectivity index (χ2n) is 8.65. The lowest BCUT2D eigenvalue weighted by Gasteiger charge is -2.49. The Morgan fingerprint density at radius 1 is 1.07 bits per heavy atom. The predicted octanol–water partition coefficient (Wildman–Crippen LogP) is 4.49. The molecular formula is C24H30N2O2. The molecule has 0 aromatic heterocycles. The number of carbonyl (C=O) groups excluding carboxylic acids is 1. The fourth-order valence-corrected chi connectivity index (χ4v) is 4.85. The molecule has 3 fully saturated rings. The van der Waals surface area contributed by atoms with E-state index >= 15 is 0 Å². The zero-order chi connectivity index (χ0) is 19.7. The lowest BCUT2D eigenvalue weighted by molar-refractivity contribution is -0.132. The van der Waals surface area contributed by atoms with E-state index in [0.717, 1.165) is 18.7 Å². The summed E-state index contributed by atoms with van der Waals surface area (Å²) in [4.78, 5) is 17.7. The first-order chi connectivity index (χ1) is 13.5. The third-order valence-corrected chi connectivity index (χ3v) is 6.25. The maximum absolute atomic E-state index is 13.2. The van der Waals surface area contributed by atoms with Crippen LogP contribution in [0.25, 0.3) is 0 Å². The van der Waals surface area contributed by atoms with E-state index in [0.29, 0.717) is 19.6 Å². The molecule has 0 aliphatic carbocycles. The highest BCUT2D eigenvalue weighted by atomic mass is 16.5. The molecule has 5 rings (SSSR count). The summed E-state index contributed by atoms with van der Waals surface area (Å²) in [5.74, 6) is 1.17. The molecule has 0 N–H and O–H groups in total. The second kappa shape index (κ2) is 7.50. The molecule has 2 aromatic carbocycles. The van der Waals surface area contributed by atoms with Crippen molar-refractivity contribution in [2.75, 3.05) is 18.1 Å². The molecule has 3 heterocycles. The number of anilines is 1. The molecule has 3 aliphatic rings. The van der Waals surface area contributed by atoms with E-state index in [1.54, 1.807) is 0 Å². The van der Waals surface area contributed by atoms with Crippen molar-refractivity contribution in [1.82, 2.24) is 4.90 Å². The van der Waals surface area contributed by atoms with Gasteiger partial charge in [-0.3, -0.25) is 4.79 Å². The number of benzene rings is 2. The minimum atomic E-state index is 0.0859. The Labute approximate surface area is 168 Å². The molecule has 148 valence electrons. The summed E-state index contributed by atoms with van der Waals surface area (Å²) >= 11 is 0. The van der Waals surface area contributed by atoms with Crippen molar-refractivity contribution in [1.29, 1.82) is 0 Å². The number of piperidine rings is 1. The van der Waals surface area contributed by atoms with Gasteiger partial charge in [0.25, 0.3) is 0 Å². The Balaban J connectivity index is 1.62. The second-order valence-corrected chi connectivity index (χ2v) is 8.65. The normalized spacial score (nSPS) is 23.6. The average Bonchev–Trinajstić information content (AvgIpc) is 2.86. The van der Waals surface area contributed by atoms with E-state index < -0.39 is 0 Å². The zero-order valence-corrected chi connectivity index (χ0v) is 17.1. The van der Waals surface area contributed by atoms with E-state index in [-0.39, 0.29) is 23.4 Å².